The molecule has 0 saturated carbocycles. The van der Waals surface area contributed by atoms with Gasteiger partial charge in [0.25, 0.3) is 0 Å². The molecule has 2 aromatic heterocycles. The molecule has 150 valence electrons. The van der Waals surface area contributed by atoms with Crippen LogP contribution in [-0.2, 0) is 0 Å². The highest BCUT2D eigenvalue weighted by Gasteiger charge is 2.18. The molecule has 0 fully saturated rings. The molecular formula is C21H13F2N3O3S. The fourth-order valence-corrected chi connectivity index (χ4v) is 3.71. The number of aromatic nitrogens is 3. The van der Waals surface area contributed by atoms with Crippen LogP contribution < -0.4 is 4.74 Å². The first-order valence-electron chi connectivity index (χ1n) is 8.66. The van der Waals surface area contributed by atoms with Crippen molar-refractivity contribution in [2.24, 2.45) is 0 Å². The number of benzene rings is 2. The molecule has 0 aliphatic heterocycles. The Hall–Kier alpha value is -3.72. The molecule has 1 N–H and O–H groups in total. The standard InChI is InChI=1S/C21H13F2N3O3S/c1-11-19(21(27)28)30-20(26-11)12-2-5-17(15(6-12)13-8-24-10-25-9-13)29-18-7-14(22)3-4-16(18)23/h2-10H,1H3,(H,27,28). The maximum absolute atomic E-state index is 14.1. The van der Waals surface area contributed by atoms with E-state index in [0.717, 1.165) is 29.5 Å². The molecule has 0 atom stereocenters. The van der Waals surface area contributed by atoms with Crippen LogP contribution in [0.25, 0.3) is 21.7 Å². The van der Waals surface area contributed by atoms with Crippen molar-refractivity contribution >= 4 is 17.3 Å². The average Bonchev–Trinajstić information content (AvgIpc) is 3.13. The molecule has 2 aromatic carbocycles. The molecule has 0 spiro atoms. The summed E-state index contributed by atoms with van der Waals surface area (Å²) in [4.78, 5) is 23.8. The largest absolute Gasteiger partial charge is 0.477 e. The van der Waals surface area contributed by atoms with Gasteiger partial charge in [0.2, 0.25) is 0 Å². The van der Waals surface area contributed by atoms with Gasteiger partial charge in [0.15, 0.2) is 11.6 Å². The molecule has 0 aliphatic rings. The zero-order chi connectivity index (χ0) is 21.3. The van der Waals surface area contributed by atoms with Gasteiger partial charge in [-0.25, -0.2) is 28.5 Å². The molecule has 6 nitrogen and oxygen atoms in total. The Morgan fingerprint density at radius 1 is 1.03 bits per heavy atom. The number of carbonyl (C=O) groups is 1. The van der Waals surface area contributed by atoms with Gasteiger partial charge < -0.3 is 9.84 Å². The second-order valence-corrected chi connectivity index (χ2v) is 7.25. The summed E-state index contributed by atoms with van der Waals surface area (Å²) in [6, 6.07) is 7.91. The summed E-state index contributed by atoms with van der Waals surface area (Å²) >= 11 is 1.05. The fourth-order valence-electron chi connectivity index (χ4n) is 2.81. The van der Waals surface area contributed by atoms with Crippen molar-refractivity contribution in [2.45, 2.75) is 6.92 Å². The van der Waals surface area contributed by atoms with Crippen LogP contribution in [0, 0.1) is 18.6 Å². The first-order valence-corrected chi connectivity index (χ1v) is 9.47. The summed E-state index contributed by atoms with van der Waals surface area (Å²) in [5, 5.41) is 9.79. The van der Waals surface area contributed by atoms with Gasteiger partial charge in [-0.2, -0.15) is 0 Å². The highest BCUT2D eigenvalue weighted by atomic mass is 32.1. The monoisotopic (exact) mass is 425 g/mol. The van der Waals surface area contributed by atoms with E-state index in [1.165, 1.54) is 6.33 Å². The molecule has 0 amide bonds. The van der Waals surface area contributed by atoms with Gasteiger partial charge in [0, 0.05) is 35.2 Å². The Kier molecular flexibility index (Phi) is 5.20. The Labute approximate surface area is 173 Å². The molecule has 0 radical (unpaired) electrons. The lowest BCUT2D eigenvalue weighted by Gasteiger charge is -2.13. The van der Waals surface area contributed by atoms with Crippen molar-refractivity contribution in [3.63, 3.8) is 0 Å². The van der Waals surface area contributed by atoms with Crippen LogP contribution in [0.1, 0.15) is 15.4 Å². The zero-order valence-corrected chi connectivity index (χ0v) is 16.3. The first-order chi connectivity index (χ1) is 14.4. The lowest BCUT2D eigenvalue weighted by atomic mass is 10.0. The number of aromatic carboxylic acids is 1. The number of thiazole rings is 1. The second-order valence-electron chi connectivity index (χ2n) is 6.25. The van der Waals surface area contributed by atoms with Crippen molar-refractivity contribution < 1.29 is 23.4 Å². The number of nitrogens with zero attached hydrogens (tertiary/aromatic N) is 3. The molecule has 9 heteroatoms. The summed E-state index contributed by atoms with van der Waals surface area (Å²) in [5.41, 5.74) is 2.15. The minimum absolute atomic E-state index is 0.150. The number of hydrogen-bond donors (Lipinski definition) is 1. The lowest BCUT2D eigenvalue weighted by Crippen LogP contribution is -1.94. The molecule has 0 saturated heterocycles. The number of aryl methyl sites for hydroxylation is 1. The van der Waals surface area contributed by atoms with Crippen molar-refractivity contribution in [1.29, 1.82) is 0 Å². The summed E-state index contributed by atoms with van der Waals surface area (Å²) in [5.74, 6) is -2.40. The normalized spacial score (nSPS) is 10.8. The van der Waals surface area contributed by atoms with E-state index in [1.807, 2.05) is 0 Å². The summed E-state index contributed by atoms with van der Waals surface area (Å²) < 4.78 is 33.3. The smallest absolute Gasteiger partial charge is 0.347 e. The molecule has 0 aliphatic carbocycles. The van der Waals surface area contributed by atoms with Gasteiger partial charge in [-0.05, 0) is 37.3 Å². The minimum atomic E-state index is -1.05. The van der Waals surface area contributed by atoms with E-state index >= 15 is 0 Å². The molecule has 2 heterocycles. The van der Waals surface area contributed by atoms with Crippen molar-refractivity contribution in [2.75, 3.05) is 0 Å². The summed E-state index contributed by atoms with van der Waals surface area (Å²) in [6.45, 7) is 1.62. The quantitative estimate of drug-likeness (QED) is 0.464. The van der Waals surface area contributed by atoms with Crippen LogP contribution in [-0.4, -0.2) is 26.0 Å². The number of carboxylic acid groups (broad SMARTS) is 1. The van der Waals surface area contributed by atoms with E-state index in [4.69, 9.17) is 4.74 Å². The molecule has 4 aromatic rings. The van der Waals surface area contributed by atoms with Gasteiger partial charge in [-0.3, -0.25) is 0 Å². The van der Waals surface area contributed by atoms with Crippen LogP contribution in [0.3, 0.4) is 0 Å². The van der Waals surface area contributed by atoms with E-state index in [2.05, 4.69) is 15.0 Å². The first kappa shape index (κ1) is 19.6. The maximum atomic E-state index is 14.1. The highest BCUT2D eigenvalue weighted by molar-refractivity contribution is 7.17. The van der Waals surface area contributed by atoms with Gasteiger partial charge in [-0.1, -0.05) is 0 Å². The van der Waals surface area contributed by atoms with Crippen LogP contribution in [0.2, 0.25) is 0 Å². The van der Waals surface area contributed by atoms with Crippen LogP contribution in [0.4, 0.5) is 8.78 Å². The molecule has 30 heavy (non-hydrogen) atoms. The third kappa shape index (κ3) is 3.87. The van der Waals surface area contributed by atoms with E-state index < -0.39 is 17.6 Å². The number of ether oxygens (including phenoxy) is 1. The van der Waals surface area contributed by atoms with Gasteiger partial charge in [0.1, 0.15) is 27.8 Å². The Morgan fingerprint density at radius 3 is 2.50 bits per heavy atom. The number of carboxylic acids is 1. The van der Waals surface area contributed by atoms with Gasteiger partial charge in [0.05, 0.1) is 5.69 Å². The topological polar surface area (TPSA) is 85.2 Å². The van der Waals surface area contributed by atoms with E-state index in [0.29, 0.717) is 27.4 Å². The number of rotatable bonds is 5. The van der Waals surface area contributed by atoms with Gasteiger partial charge >= 0.3 is 5.97 Å². The lowest BCUT2D eigenvalue weighted by molar-refractivity contribution is 0.0701. The Morgan fingerprint density at radius 2 is 1.80 bits per heavy atom. The third-order valence-corrected chi connectivity index (χ3v) is 5.40. The highest BCUT2D eigenvalue weighted by Crippen LogP contribution is 2.38. The van der Waals surface area contributed by atoms with Crippen molar-refractivity contribution in [1.82, 2.24) is 15.0 Å². The van der Waals surface area contributed by atoms with E-state index in [9.17, 15) is 18.7 Å². The number of hydrogen-bond acceptors (Lipinski definition) is 6. The van der Waals surface area contributed by atoms with Crippen molar-refractivity contribution in [3.05, 3.63) is 77.3 Å². The van der Waals surface area contributed by atoms with E-state index in [-0.39, 0.29) is 16.4 Å². The predicted octanol–water partition coefficient (Wildman–Crippen LogP) is 5.34. The van der Waals surface area contributed by atoms with Gasteiger partial charge in [-0.15, -0.1) is 11.3 Å². The number of halogens is 2. The van der Waals surface area contributed by atoms with Crippen LogP contribution >= 0.6 is 11.3 Å². The maximum Gasteiger partial charge on any atom is 0.347 e. The third-order valence-electron chi connectivity index (χ3n) is 4.20. The zero-order valence-electron chi connectivity index (χ0n) is 15.5. The molecule has 0 unspecified atom stereocenters. The Balaban J connectivity index is 1.82. The summed E-state index contributed by atoms with van der Waals surface area (Å²) in [6.07, 6.45) is 4.47. The fraction of sp³-hybridized carbons (Fsp3) is 0.0476. The predicted molar refractivity (Wildman–Crippen MR) is 107 cm³/mol. The second kappa shape index (κ2) is 7.96. The SMILES string of the molecule is Cc1nc(-c2ccc(Oc3cc(F)ccc3F)c(-c3cncnc3)c2)sc1C(=O)O. The molecule has 4 rings (SSSR count). The molecule has 0 bridgehead atoms. The van der Waals surface area contributed by atoms with E-state index in [1.54, 1.807) is 37.5 Å². The van der Waals surface area contributed by atoms with Crippen LogP contribution in [0.5, 0.6) is 11.5 Å². The average molecular weight is 425 g/mol. The Bertz CT molecular complexity index is 1250. The minimum Gasteiger partial charge on any atom is -0.477 e. The van der Waals surface area contributed by atoms with Crippen LogP contribution in [0.15, 0.2) is 55.1 Å². The summed E-state index contributed by atoms with van der Waals surface area (Å²) in [7, 11) is 0. The van der Waals surface area contributed by atoms with Crippen molar-refractivity contribution in [3.8, 4) is 33.2 Å². The molecular weight excluding hydrogens is 412 g/mol.